The molecule has 0 bridgehead atoms. The molecule has 0 aromatic rings. The zero-order valence-electron chi connectivity index (χ0n) is 10.2. The Hall–Kier alpha value is -0.460. The molecule has 0 aliphatic carbocycles. The maximum Gasteiger partial charge on any atom is 0.161 e. The van der Waals surface area contributed by atoms with Gasteiger partial charge in [0.2, 0.25) is 0 Å². The zero-order valence-corrected chi connectivity index (χ0v) is 11.0. The summed E-state index contributed by atoms with van der Waals surface area (Å²) in [5, 5.41) is 0. The minimum Gasteiger partial charge on any atom is -0.366 e. The molecule has 0 amide bonds. The number of nitrogens with two attached hydrogens (primary N) is 1. The molecule has 2 atom stereocenters. The van der Waals surface area contributed by atoms with Gasteiger partial charge in [-0.1, -0.05) is 6.92 Å². The summed E-state index contributed by atoms with van der Waals surface area (Å²) >= 11 is 0. The molecule has 6 heteroatoms. The van der Waals surface area contributed by atoms with Gasteiger partial charge >= 0.3 is 0 Å². The van der Waals surface area contributed by atoms with Crippen LogP contribution in [-0.2, 0) is 19.4 Å². The third kappa shape index (κ3) is 4.73. The third-order valence-corrected chi connectivity index (χ3v) is 4.84. The van der Waals surface area contributed by atoms with Gasteiger partial charge in [0, 0.05) is 18.7 Å². The van der Waals surface area contributed by atoms with Crippen molar-refractivity contribution in [2.75, 3.05) is 18.1 Å². The number of hydrogen-bond acceptors (Lipinski definition) is 5. The van der Waals surface area contributed by atoms with Gasteiger partial charge in [-0.15, -0.1) is 0 Å². The Morgan fingerprint density at radius 3 is 2.65 bits per heavy atom. The lowest BCUT2D eigenvalue weighted by Gasteiger charge is -2.11. The van der Waals surface area contributed by atoms with Crippen molar-refractivity contribution in [3.63, 3.8) is 0 Å². The highest BCUT2D eigenvalue weighted by Gasteiger charge is 2.29. The Morgan fingerprint density at radius 1 is 1.41 bits per heavy atom. The van der Waals surface area contributed by atoms with E-state index in [0.29, 0.717) is 19.4 Å². The number of Topliss-reactive ketones (excluding diaryl/α,β-unsaturated/α-hetero) is 1. The molecule has 1 rings (SSSR count). The fourth-order valence-corrected chi connectivity index (χ4v) is 2.76. The van der Waals surface area contributed by atoms with Crippen LogP contribution in [0.2, 0.25) is 0 Å². The predicted molar refractivity (Wildman–Crippen MR) is 65.5 cm³/mol. The molecular weight excluding hydrogens is 242 g/mol. The molecule has 0 radical (unpaired) electrons. The zero-order chi connectivity index (χ0) is 12.9. The van der Waals surface area contributed by atoms with Crippen molar-refractivity contribution in [1.82, 2.24) is 0 Å². The molecule has 1 heterocycles. The van der Waals surface area contributed by atoms with Crippen LogP contribution in [0.1, 0.15) is 32.6 Å². The molecule has 0 spiro atoms. The van der Waals surface area contributed by atoms with Gasteiger partial charge in [-0.3, -0.25) is 4.79 Å². The second-order valence-electron chi connectivity index (χ2n) is 4.37. The average molecular weight is 263 g/mol. The second kappa shape index (κ2) is 6.47. The summed E-state index contributed by atoms with van der Waals surface area (Å²) in [5.41, 5.74) is 5.46. The lowest BCUT2D eigenvalue weighted by Crippen LogP contribution is -2.25. The van der Waals surface area contributed by atoms with Crippen LogP contribution < -0.4 is 5.73 Å². The van der Waals surface area contributed by atoms with Gasteiger partial charge in [0.1, 0.15) is 15.9 Å². The molecule has 17 heavy (non-hydrogen) atoms. The van der Waals surface area contributed by atoms with Crippen LogP contribution in [0.5, 0.6) is 0 Å². The highest BCUT2D eigenvalue weighted by molar-refractivity contribution is 7.91. The first-order chi connectivity index (χ1) is 7.98. The van der Waals surface area contributed by atoms with Crippen molar-refractivity contribution < 1.29 is 17.9 Å². The number of rotatable bonds is 7. The highest BCUT2D eigenvalue weighted by atomic mass is 32.2. The van der Waals surface area contributed by atoms with E-state index < -0.39 is 9.84 Å². The summed E-state index contributed by atoms with van der Waals surface area (Å²) in [4.78, 5) is 11.7. The number of sulfone groups is 1. The summed E-state index contributed by atoms with van der Waals surface area (Å²) in [6.45, 7) is 2.05. The molecule has 1 fully saturated rings. The van der Waals surface area contributed by atoms with E-state index in [2.05, 4.69) is 0 Å². The smallest absolute Gasteiger partial charge is 0.161 e. The van der Waals surface area contributed by atoms with Crippen molar-refractivity contribution in [2.45, 2.75) is 44.8 Å². The highest BCUT2D eigenvalue weighted by Crippen LogP contribution is 2.21. The third-order valence-electron chi connectivity index (χ3n) is 3.05. The second-order valence-corrected chi connectivity index (χ2v) is 6.84. The van der Waals surface area contributed by atoms with Gasteiger partial charge in [0.15, 0.2) is 5.78 Å². The van der Waals surface area contributed by atoms with Crippen molar-refractivity contribution in [3.05, 3.63) is 0 Å². The monoisotopic (exact) mass is 263 g/mol. The van der Waals surface area contributed by atoms with Gasteiger partial charge in [-0.05, 0) is 19.3 Å². The summed E-state index contributed by atoms with van der Waals surface area (Å²) in [6.07, 6.45) is 1.82. The topological polar surface area (TPSA) is 86.5 Å². The number of carbonyl (C=O) groups excluding carboxylic acids is 1. The van der Waals surface area contributed by atoms with E-state index in [1.807, 2.05) is 0 Å². The standard InChI is InChI=1S/C11H21NO4S/c1-2-17(14,15)7-3-4-10(13)11-6-5-9(8-12)16-11/h9,11H,2-8,12H2,1H3. The Morgan fingerprint density at radius 2 is 2.12 bits per heavy atom. The summed E-state index contributed by atoms with van der Waals surface area (Å²) in [5.74, 6) is 0.228. The number of carbonyl (C=O) groups is 1. The Bertz CT molecular complexity index is 352. The van der Waals surface area contributed by atoms with Crippen molar-refractivity contribution in [3.8, 4) is 0 Å². The summed E-state index contributed by atoms with van der Waals surface area (Å²) in [7, 11) is -2.97. The lowest BCUT2D eigenvalue weighted by molar-refractivity contribution is -0.129. The van der Waals surface area contributed by atoms with Crippen molar-refractivity contribution >= 4 is 15.6 Å². The normalized spacial score (nSPS) is 25.1. The van der Waals surface area contributed by atoms with Crippen LogP contribution in [0, 0.1) is 0 Å². The molecule has 1 aliphatic rings. The van der Waals surface area contributed by atoms with E-state index >= 15 is 0 Å². The molecule has 1 aliphatic heterocycles. The van der Waals surface area contributed by atoms with Crippen LogP contribution in [-0.4, -0.2) is 44.5 Å². The van der Waals surface area contributed by atoms with E-state index in [-0.39, 0.29) is 35.9 Å². The molecule has 5 nitrogen and oxygen atoms in total. The van der Waals surface area contributed by atoms with E-state index in [4.69, 9.17) is 10.5 Å². The molecule has 100 valence electrons. The molecule has 2 N–H and O–H groups in total. The van der Waals surface area contributed by atoms with E-state index in [1.54, 1.807) is 6.92 Å². The van der Waals surface area contributed by atoms with Gasteiger partial charge in [-0.25, -0.2) is 8.42 Å². The fourth-order valence-electron chi connectivity index (χ4n) is 1.89. The van der Waals surface area contributed by atoms with Crippen LogP contribution in [0.25, 0.3) is 0 Å². The van der Waals surface area contributed by atoms with Gasteiger partial charge in [0.05, 0.1) is 11.9 Å². The number of ether oxygens (including phenoxy) is 1. The van der Waals surface area contributed by atoms with Gasteiger partial charge in [0.25, 0.3) is 0 Å². The van der Waals surface area contributed by atoms with Crippen LogP contribution >= 0.6 is 0 Å². The number of ketones is 1. The minimum atomic E-state index is -2.97. The molecule has 1 saturated heterocycles. The molecule has 0 aromatic carbocycles. The molecule has 0 saturated carbocycles. The van der Waals surface area contributed by atoms with E-state index in [9.17, 15) is 13.2 Å². The quantitative estimate of drug-likeness (QED) is 0.713. The van der Waals surface area contributed by atoms with Crippen molar-refractivity contribution in [2.24, 2.45) is 5.73 Å². The molecule has 0 aromatic heterocycles. The van der Waals surface area contributed by atoms with Crippen LogP contribution in [0.15, 0.2) is 0 Å². The van der Waals surface area contributed by atoms with Gasteiger partial charge in [-0.2, -0.15) is 0 Å². The Balaban J connectivity index is 2.27. The average Bonchev–Trinajstić information content (AvgIpc) is 2.77. The fraction of sp³-hybridized carbons (Fsp3) is 0.909. The maximum absolute atomic E-state index is 11.7. The SMILES string of the molecule is CCS(=O)(=O)CCCC(=O)C1CCC(CN)O1. The van der Waals surface area contributed by atoms with Crippen LogP contribution in [0.3, 0.4) is 0 Å². The predicted octanol–water partition coefficient (Wildman–Crippen LogP) is 0.277. The summed E-state index contributed by atoms with van der Waals surface area (Å²) < 4.78 is 27.9. The summed E-state index contributed by atoms with van der Waals surface area (Å²) in [6, 6.07) is 0. The maximum atomic E-state index is 11.7. The van der Waals surface area contributed by atoms with E-state index in [1.165, 1.54) is 0 Å². The molecular formula is C11H21NO4S. The lowest BCUT2D eigenvalue weighted by atomic mass is 10.1. The first kappa shape index (κ1) is 14.6. The first-order valence-electron chi connectivity index (χ1n) is 6.07. The van der Waals surface area contributed by atoms with E-state index in [0.717, 1.165) is 6.42 Å². The Labute approximate surface area is 103 Å². The molecule has 2 unspecified atom stereocenters. The van der Waals surface area contributed by atoms with Gasteiger partial charge < -0.3 is 10.5 Å². The van der Waals surface area contributed by atoms with Crippen molar-refractivity contribution in [1.29, 1.82) is 0 Å². The first-order valence-corrected chi connectivity index (χ1v) is 7.89. The Kier molecular flexibility index (Phi) is 5.55. The largest absolute Gasteiger partial charge is 0.366 e. The minimum absolute atomic E-state index is 0.00672. The van der Waals surface area contributed by atoms with Crippen LogP contribution in [0.4, 0.5) is 0 Å². The number of hydrogen-bond donors (Lipinski definition) is 1.